The van der Waals surface area contributed by atoms with Crippen LogP contribution in [-0.4, -0.2) is 97.7 Å². The predicted molar refractivity (Wildman–Crippen MR) is 251 cm³/mol. The molecular weight excluding hydrogens is 835 g/mol. The molecule has 0 saturated carbocycles. The second-order valence-corrected chi connectivity index (χ2v) is 18.5. The molecule has 344 valence electrons. The van der Waals surface area contributed by atoms with Crippen molar-refractivity contribution in [1.82, 2.24) is 44.9 Å². The van der Waals surface area contributed by atoms with Crippen molar-refractivity contribution in [1.29, 1.82) is 0 Å². The molecule has 2 fully saturated rings. The van der Waals surface area contributed by atoms with Crippen molar-refractivity contribution in [3.05, 3.63) is 107 Å². The summed E-state index contributed by atoms with van der Waals surface area (Å²) in [6.07, 6.45) is 7.44. The molecule has 0 bridgehead atoms. The fraction of sp³-hybridized carbons (Fsp3) is 0.412. The molecule has 15 nitrogen and oxygen atoms in total. The minimum Gasteiger partial charge on any atom is -0.453 e. The lowest BCUT2D eigenvalue weighted by molar-refractivity contribution is -0.136. The van der Waals surface area contributed by atoms with E-state index in [9.17, 15) is 19.2 Å². The predicted octanol–water partition coefficient (Wildman–Crippen LogP) is 8.32. The number of nitrogens with zero attached hydrogens (tertiary/aromatic N) is 5. The molecule has 66 heavy (non-hydrogen) atoms. The topological polar surface area (TPSA) is 180 Å². The Labute approximate surface area is 384 Å². The van der Waals surface area contributed by atoms with Crippen LogP contribution in [0.3, 0.4) is 0 Å². The Morgan fingerprint density at radius 1 is 0.712 bits per heavy atom. The normalized spacial score (nSPS) is 17.8. The van der Waals surface area contributed by atoms with E-state index in [1.54, 1.807) is 0 Å². The molecule has 4 atom stereocenters. The highest BCUT2D eigenvalue weighted by Crippen LogP contribution is 2.43. The van der Waals surface area contributed by atoms with Gasteiger partial charge in [-0.05, 0) is 90.8 Å². The highest BCUT2D eigenvalue weighted by molar-refractivity contribution is 5.96. The minimum absolute atomic E-state index is 0.115. The number of hydrogen-bond donors (Lipinski definition) is 4. The Balaban J connectivity index is 1.01. The van der Waals surface area contributed by atoms with Crippen LogP contribution in [0.5, 0.6) is 0 Å². The van der Waals surface area contributed by atoms with Crippen LogP contribution in [0.15, 0.2) is 79.1 Å². The fourth-order valence-electron chi connectivity index (χ4n) is 10.2. The Morgan fingerprint density at radius 2 is 1.26 bits per heavy atom. The number of likely N-dealkylation sites (tertiary alicyclic amines) is 2. The van der Waals surface area contributed by atoms with Crippen molar-refractivity contribution < 1.29 is 28.7 Å². The van der Waals surface area contributed by atoms with Crippen molar-refractivity contribution in [2.45, 2.75) is 96.9 Å². The standard InChI is InChI=1S/C51H59N9O6/c1-29(2)43(56-50(63)65-5)48(61)58-22-10-14-41(58)46-52-26-38(54-46)33-17-19-35-32(24-33)16-20-36-37-25-34(18-21-40(37)60(45(35)36)28-31-12-8-7-9-13-31)39-27-53-47(55-39)42-15-11-23-59(42)49(62)44(30(3)4)57-51(64)66-6/h7-9,12-13,17-19,21,24-27,29-30,41-44H,10-11,14-16,20,22-23,28H2,1-6H3,(H,52,54)(H,53,55)(H,56,63)(H,57,64)/t41-,42-,43?,44?/m0/s1. The summed E-state index contributed by atoms with van der Waals surface area (Å²) in [5, 5.41) is 6.67. The molecule has 0 radical (unpaired) electrons. The summed E-state index contributed by atoms with van der Waals surface area (Å²) in [6.45, 7) is 9.55. The van der Waals surface area contributed by atoms with Gasteiger partial charge in [0.25, 0.3) is 0 Å². The number of hydrogen-bond acceptors (Lipinski definition) is 8. The molecule has 1 aliphatic carbocycles. The third kappa shape index (κ3) is 8.42. The van der Waals surface area contributed by atoms with E-state index >= 15 is 0 Å². The monoisotopic (exact) mass is 893 g/mol. The van der Waals surface area contributed by atoms with Gasteiger partial charge in [0.05, 0.1) is 55.8 Å². The third-order valence-corrected chi connectivity index (χ3v) is 13.7. The number of aryl methyl sites for hydroxylation is 2. The number of alkyl carbamates (subject to hydrolysis) is 2. The molecule has 2 unspecified atom stereocenters. The van der Waals surface area contributed by atoms with E-state index < -0.39 is 24.3 Å². The fourth-order valence-corrected chi connectivity index (χ4v) is 10.2. The molecule has 5 heterocycles. The smallest absolute Gasteiger partial charge is 0.407 e. The van der Waals surface area contributed by atoms with Crippen LogP contribution in [0.25, 0.3) is 44.7 Å². The van der Waals surface area contributed by atoms with Crippen molar-refractivity contribution >= 4 is 34.9 Å². The largest absolute Gasteiger partial charge is 0.453 e. The first-order valence-electron chi connectivity index (χ1n) is 23.2. The molecular formula is C51H59N9O6. The van der Waals surface area contributed by atoms with E-state index in [0.717, 1.165) is 78.2 Å². The van der Waals surface area contributed by atoms with Crippen molar-refractivity contribution in [2.24, 2.45) is 11.8 Å². The number of amides is 4. The van der Waals surface area contributed by atoms with E-state index in [-0.39, 0.29) is 35.7 Å². The number of methoxy groups -OCH3 is 2. The number of ether oxygens (including phenoxy) is 2. The molecule has 3 aromatic heterocycles. The van der Waals surface area contributed by atoms with Crippen LogP contribution in [-0.2, 0) is 38.4 Å². The van der Waals surface area contributed by atoms with Crippen molar-refractivity contribution in [3.63, 3.8) is 0 Å². The Hall–Kier alpha value is -6.90. The minimum atomic E-state index is -0.703. The molecule has 15 heteroatoms. The average Bonchev–Trinajstić information content (AvgIpc) is 4.19. The highest BCUT2D eigenvalue weighted by Gasteiger charge is 2.39. The first kappa shape index (κ1) is 44.3. The first-order valence-corrected chi connectivity index (χ1v) is 23.2. The Bertz CT molecular complexity index is 2770. The van der Waals surface area contributed by atoms with E-state index in [0.29, 0.717) is 19.6 Å². The van der Waals surface area contributed by atoms with Crippen LogP contribution in [0.4, 0.5) is 9.59 Å². The molecule has 6 aromatic rings. The number of imidazole rings is 2. The van der Waals surface area contributed by atoms with Crippen molar-refractivity contribution in [2.75, 3.05) is 27.3 Å². The van der Waals surface area contributed by atoms with Crippen LogP contribution < -0.4 is 10.6 Å². The summed E-state index contributed by atoms with van der Waals surface area (Å²) in [5.74, 6) is 0.964. The van der Waals surface area contributed by atoms with Gasteiger partial charge in [0.1, 0.15) is 23.7 Å². The van der Waals surface area contributed by atoms with Gasteiger partial charge < -0.3 is 44.4 Å². The number of rotatable bonds is 12. The van der Waals surface area contributed by atoms with E-state index in [4.69, 9.17) is 19.4 Å². The number of carbonyl (C=O) groups is 4. The number of H-pyrrole nitrogens is 2. The first-order chi connectivity index (χ1) is 31.9. The van der Waals surface area contributed by atoms with E-state index in [2.05, 4.69) is 85.8 Å². The maximum atomic E-state index is 13.8. The number of aromatic nitrogens is 5. The zero-order chi connectivity index (χ0) is 46.2. The van der Waals surface area contributed by atoms with Gasteiger partial charge >= 0.3 is 12.2 Å². The zero-order valence-corrected chi connectivity index (χ0v) is 38.5. The summed E-state index contributed by atoms with van der Waals surface area (Å²) < 4.78 is 12.1. The summed E-state index contributed by atoms with van der Waals surface area (Å²) in [7, 11) is 2.60. The van der Waals surface area contributed by atoms with Gasteiger partial charge in [-0.25, -0.2) is 19.6 Å². The number of carbonyl (C=O) groups excluding carboxylic acids is 4. The molecule has 2 saturated heterocycles. The average molecular weight is 894 g/mol. The van der Waals surface area contributed by atoms with Gasteiger partial charge in [-0.15, -0.1) is 0 Å². The summed E-state index contributed by atoms with van der Waals surface area (Å²) in [5.41, 5.74) is 11.2. The maximum absolute atomic E-state index is 13.8. The SMILES string of the molecule is COC(=O)NC(C(=O)N1CCC[C@H]1c1ncc(-c2ccc3c(c2)CCc2c-3n(Cc3ccccc3)c3ccc(-c4cnc([C@@H]5CCCN5C(=O)C(NC(=O)OC)C(C)C)[nH]4)cc23)[nH]1)C(C)C. The van der Waals surface area contributed by atoms with Crippen LogP contribution in [0, 0.1) is 11.8 Å². The van der Waals surface area contributed by atoms with Gasteiger partial charge in [0, 0.05) is 41.7 Å². The van der Waals surface area contributed by atoms with E-state index in [1.165, 1.54) is 47.6 Å². The number of aromatic amines is 2. The third-order valence-electron chi connectivity index (χ3n) is 13.7. The Morgan fingerprint density at radius 3 is 1.80 bits per heavy atom. The molecule has 2 aliphatic heterocycles. The second-order valence-electron chi connectivity index (χ2n) is 18.5. The van der Waals surface area contributed by atoms with Gasteiger partial charge in [-0.2, -0.15) is 0 Å². The lowest BCUT2D eigenvalue weighted by atomic mass is 9.87. The van der Waals surface area contributed by atoms with E-state index in [1.807, 2.05) is 56.0 Å². The quantitative estimate of drug-likeness (QED) is 0.0947. The van der Waals surface area contributed by atoms with Crippen LogP contribution >= 0.6 is 0 Å². The lowest BCUT2D eigenvalue weighted by Gasteiger charge is -2.30. The maximum Gasteiger partial charge on any atom is 0.407 e. The summed E-state index contributed by atoms with van der Waals surface area (Å²) >= 11 is 0. The van der Waals surface area contributed by atoms with Crippen LogP contribution in [0.2, 0.25) is 0 Å². The molecule has 0 spiro atoms. The molecule has 4 amide bonds. The van der Waals surface area contributed by atoms with Gasteiger partial charge in [0.2, 0.25) is 11.8 Å². The highest BCUT2D eigenvalue weighted by atomic mass is 16.5. The lowest BCUT2D eigenvalue weighted by Crippen LogP contribution is -2.51. The second kappa shape index (κ2) is 18.5. The van der Waals surface area contributed by atoms with Gasteiger partial charge in [-0.3, -0.25) is 9.59 Å². The molecule has 4 N–H and O–H groups in total. The number of fused-ring (bicyclic) bond motifs is 5. The van der Waals surface area contributed by atoms with Crippen molar-refractivity contribution in [3.8, 4) is 33.8 Å². The summed E-state index contributed by atoms with van der Waals surface area (Å²) in [4.78, 5) is 72.3. The van der Waals surface area contributed by atoms with Gasteiger partial charge in [-0.1, -0.05) is 76.2 Å². The zero-order valence-electron chi connectivity index (χ0n) is 38.5. The number of nitrogens with one attached hydrogen (secondary N) is 4. The van der Waals surface area contributed by atoms with Crippen LogP contribution in [0.1, 0.15) is 93.8 Å². The Kier molecular flexibility index (Phi) is 12.4. The molecule has 3 aliphatic rings. The number of benzene rings is 3. The van der Waals surface area contributed by atoms with Gasteiger partial charge in [0.15, 0.2) is 0 Å². The molecule has 9 rings (SSSR count). The summed E-state index contributed by atoms with van der Waals surface area (Å²) in [6, 6.07) is 22.0. The molecule has 3 aromatic carbocycles.